The highest BCUT2D eigenvalue weighted by Crippen LogP contribution is 2.67. The molecule has 3 aliphatic heterocycles. The SMILES string of the molecule is CC12CCCC3CC(C4CC(CC5CCC(N)NC5)CC5(CCCC5)C4)(CC(N)(CCO)C31)O2. The molecule has 9 unspecified atom stereocenters. The summed E-state index contributed by atoms with van der Waals surface area (Å²) in [5, 5.41) is 13.6. The van der Waals surface area contributed by atoms with Crippen LogP contribution in [0.25, 0.3) is 0 Å². The average Bonchev–Trinajstić information content (AvgIpc) is 3.21. The monoisotopic (exact) mass is 473 g/mol. The van der Waals surface area contributed by atoms with Crippen LogP contribution < -0.4 is 16.8 Å². The van der Waals surface area contributed by atoms with Crippen molar-refractivity contribution in [1.82, 2.24) is 5.32 Å². The Morgan fingerprint density at radius 3 is 2.53 bits per heavy atom. The molecule has 34 heavy (non-hydrogen) atoms. The van der Waals surface area contributed by atoms with Gasteiger partial charge in [0, 0.05) is 18.1 Å². The van der Waals surface area contributed by atoms with Crippen molar-refractivity contribution >= 4 is 0 Å². The number of fused-ring (bicyclic) bond motifs is 1. The summed E-state index contributed by atoms with van der Waals surface area (Å²) < 4.78 is 7.38. The molecule has 0 radical (unpaired) electrons. The summed E-state index contributed by atoms with van der Waals surface area (Å²) in [6.45, 7) is 3.69. The van der Waals surface area contributed by atoms with Gasteiger partial charge < -0.3 is 26.6 Å². The van der Waals surface area contributed by atoms with E-state index in [0.717, 1.165) is 44.1 Å². The number of hydrogen-bond acceptors (Lipinski definition) is 5. The molecule has 1 spiro atoms. The van der Waals surface area contributed by atoms with Gasteiger partial charge in [0.2, 0.25) is 0 Å². The number of aliphatic hydroxyl groups excluding tert-OH is 1. The van der Waals surface area contributed by atoms with E-state index in [2.05, 4.69) is 12.2 Å². The highest BCUT2D eigenvalue weighted by atomic mass is 16.5. The van der Waals surface area contributed by atoms with Gasteiger partial charge in [-0.1, -0.05) is 19.3 Å². The summed E-state index contributed by atoms with van der Waals surface area (Å²) in [6, 6.07) is 0. The predicted molar refractivity (Wildman–Crippen MR) is 136 cm³/mol. The fraction of sp³-hybridized carbons (Fsp3) is 1.00. The van der Waals surface area contributed by atoms with Gasteiger partial charge in [0.05, 0.1) is 17.4 Å². The van der Waals surface area contributed by atoms with Crippen LogP contribution in [0, 0.1) is 35.0 Å². The third kappa shape index (κ3) is 4.00. The molecule has 3 saturated heterocycles. The highest BCUT2D eigenvalue weighted by Gasteiger charge is 2.69. The van der Waals surface area contributed by atoms with Crippen LogP contribution in [0.4, 0.5) is 0 Å². The van der Waals surface area contributed by atoms with E-state index in [4.69, 9.17) is 16.2 Å². The maximum Gasteiger partial charge on any atom is 0.0738 e. The van der Waals surface area contributed by atoms with Crippen molar-refractivity contribution in [2.24, 2.45) is 46.5 Å². The minimum atomic E-state index is -0.260. The normalized spacial score (nSPS) is 52.2. The van der Waals surface area contributed by atoms with Crippen molar-refractivity contribution < 1.29 is 9.84 Å². The lowest BCUT2D eigenvalue weighted by atomic mass is 9.45. The molecule has 0 amide bonds. The lowest BCUT2D eigenvalue weighted by Crippen LogP contribution is -2.76. The largest absolute Gasteiger partial charge is 0.396 e. The molecule has 5 heteroatoms. The zero-order chi connectivity index (χ0) is 23.6. The quantitative estimate of drug-likeness (QED) is 0.473. The molecule has 0 aromatic carbocycles. The van der Waals surface area contributed by atoms with Gasteiger partial charge in [0.1, 0.15) is 0 Å². The fourth-order valence-electron chi connectivity index (χ4n) is 11.0. The number of nitrogens with one attached hydrogen (secondary N) is 1. The molecular weight excluding hydrogens is 422 g/mol. The Hall–Kier alpha value is -0.200. The second-order valence-corrected chi connectivity index (χ2v) is 14.3. The Kier molecular flexibility index (Phi) is 6.17. The van der Waals surface area contributed by atoms with Crippen molar-refractivity contribution in [3.8, 4) is 0 Å². The smallest absolute Gasteiger partial charge is 0.0738 e. The number of nitrogens with two attached hydrogens (primary N) is 2. The molecule has 3 heterocycles. The lowest BCUT2D eigenvalue weighted by molar-refractivity contribution is -0.327. The summed E-state index contributed by atoms with van der Waals surface area (Å²) in [4.78, 5) is 0. The van der Waals surface area contributed by atoms with Crippen LogP contribution >= 0.6 is 0 Å². The van der Waals surface area contributed by atoms with Gasteiger partial charge in [-0.2, -0.15) is 0 Å². The molecule has 4 bridgehead atoms. The number of piperidine rings is 1. The Morgan fingerprint density at radius 1 is 1.00 bits per heavy atom. The minimum absolute atomic E-state index is 0.0695. The Morgan fingerprint density at radius 2 is 1.82 bits per heavy atom. The van der Waals surface area contributed by atoms with Crippen molar-refractivity contribution in [2.45, 2.75) is 133 Å². The van der Waals surface area contributed by atoms with Crippen molar-refractivity contribution in [3.63, 3.8) is 0 Å². The Labute approximate surface area is 207 Å². The Bertz CT molecular complexity index is 748. The molecule has 7 fully saturated rings. The van der Waals surface area contributed by atoms with E-state index in [1.807, 2.05) is 0 Å². The van der Waals surface area contributed by atoms with Crippen molar-refractivity contribution in [3.05, 3.63) is 0 Å². The molecule has 194 valence electrons. The molecule has 6 N–H and O–H groups in total. The second-order valence-electron chi connectivity index (χ2n) is 14.3. The minimum Gasteiger partial charge on any atom is -0.396 e. The maximum absolute atomic E-state index is 10.0. The molecule has 9 atom stereocenters. The van der Waals surface area contributed by atoms with E-state index in [0.29, 0.717) is 23.2 Å². The average molecular weight is 474 g/mol. The van der Waals surface area contributed by atoms with E-state index in [1.54, 1.807) is 0 Å². The van der Waals surface area contributed by atoms with Gasteiger partial charge in [-0.25, -0.2) is 0 Å². The summed E-state index contributed by atoms with van der Waals surface area (Å²) in [5.41, 5.74) is 13.6. The van der Waals surface area contributed by atoms with Crippen LogP contribution in [0.3, 0.4) is 0 Å². The van der Waals surface area contributed by atoms with E-state index < -0.39 is 0 Å². The number of hydrogen-bond donors (Lipinski definition) is 4. The first kappa shape index (κ1) is 24.2. The Balaban J connectivity index is 1.29. The van der Waals surface area contributed by atoms with E-state index in [9.17, 15) is 5.11 Å². The third-order valence-corrected chi connectivity index (χ3v) is 11.9. The van der Waals surface area contributed by atoms with Crippen LogP contribution in [-0.2, 0) is 4.74 Å². The first-order valence-corrected chi connectivity index (χ1v) is 14.9. The first-order chi connectivity index (χ1) is 16.3. The molecule has 4 aliphatic carbocycles. The summed E-state index contributed by atoms with van der Waals surface area (Å²) in [7, 11) is 0. The molecule has 7 rings (SSSR count). The first-order valence-electron chi connectivity index (χ1n) is 14.9. The number of rotatable bonds is 5. The van der Waals surface area contributed by atoms with E-state index in [1.165, 1.54) is 77.0 Å². The standard InChI is InChI=1S/C29H51N3O2/c1-26-8-4-5-22-16-29(34-26,19-28(31,11-12-33)25(22)26)23-14-21(13-20-6-7-24(30)32-18-20)15-27(17-23)9-2-3-10-27/h20-25,32-33H,2-19,30-31H2,1H3. The van der Waals surface area contributed by atoms with Crippen LogP contribution in [0.5, 0.6) is 0 Å². The fourth-order valence-corrected chi connectivity index (χ4v) is 11.0. The topological polar surface area (TPSA) is 93.5 Å². The molecule has 7 aliphatic rings. The van der Waals surface area contributed by atoms with Gasteiger partial charge in [-0.05, 0) is 126 Å². The van der Waals surface area contributed by atoms with Crippen LogP contribution in [0.1, 0.15) is 110 Å². The van der Waals surface area contributed by atoms with E-state index in [-0.39, 0.29) is 29.5 Å². The molecule has 4 saturated carbocycles. The number of ether oxygens (including phenoxy) is 1. The van der Waals surface area contributed by atoms with Gasteiger partial charge in [-0.3, -0.25) is 0 Å². The molecule has 0 aromatic rings. The van der Waals surface area contributed by atoms with E-state index >= 15 is 0 Å². The zero-order valence-electron chi connectivity index (χ0n) is 21.7. The maximum atomic E-state index is 10.0. The molecule has 0 aromatic heterocycles. The van der Waals surface area contributed by atoms with Crippen LogP contribution in [0.15, 0.2) is 0 Å². The number of aliphatic hydroxyl groups is 1. The predicted octanol–water partition coefficient (Wildman–Crippen LogP) is 4.46. The summed E-state index contributed by atoms with van der Waals surface area (Å²) >= 11 is 0. The third-order valence-electron chi connectivity index (χ3n) is 11.9. The van der Waals surface area contributed by atoms with Crippen LogP contribution in [-0.4, -0.2) is 41.2 Å². The summed E-state index contributed by atoms with van der Waals surface area (Å²) in [5.74, 6) is 3.32. The van der Waals surface area contributed by atoms with Crippen molar-refractivity contribution in [1.29, 1.82) is 0 Å². The van der Waals surface area contributed by atoms with Gasteiger partial charge in [0.15, 0.2) is 0 Å². The van der Waals surface area contributed by atoms with Gasteiger partial charge >= 0.3 is 0 Å². The summed E-state index contributed by atoms with van der Waals surface area (Å²) in [6.07, 6.45) is 20.5. The molecular formula is C29H51N3O2. The van der Waals surface area contributed by atoms with Crippen LogP contribution in [0.2, 0.25) is 0 Å². The highest BCUT2D eigenvalue weighted by molar-refractivity contribution is 5.20. The van der Waals surface area contributed by atoms with Gasteiger partial charge in [0.25, 0.3) is 0 Å². The molecule has 5 nitrogen and oxygen atoms in total. The zero-order valence-corrected chi connectivity index (χ0v) is 21.7. The van der Waals surface area contributed by atoms with Crippen molar-refractivity contribution in [2.75, 3.05) is 13.2 Å². The lowest BCUT2D eigenvalue weighted by Gasteiger charge is -2.70. The second kappa shape index (κ2) is 8.68. The van der Waals surface area contributed by atoms with Gasteiger partial charge in [-0.15, -0.1) is 0 Å².